The minimum absolute atomic E-state index is 0.305. The zero-order valence-corrected chi connectivity index (χ0v) is 7.44. The lowest BCUT2D eigenvalue weighted by atomic mass is 10.1. The van der Waals surface area contributed by atoms with Crippen LogP contribution in [0.15, 0.2) is 11.0 Å². The van der Waals surface area contributed by atoms with E-state index >= 15 is 0 Å². The highest BCUT2D eigenvalue weighted by molar-refractivity contribution is 7.99. The van der Waals surface area contributed by atoms with Gasteiger partial charge in [0.1, 0.15) is 5.69 Å². The van der Waals surface area contributed by atoms with E-state index in [4.69, 9.17) is 5.11 Å². The summed E-state index contributed by atoms with van der Waals surface area (Å²) in [6, 6.07) is 1.71. The van der Waals surface area contributed by atoms with Crippen LogP contribution in [-0.2, 0) is 0 Å². The highest BCUT2D eigenvalue weighted by Gasteiger charge is 2.23. The fraction of sp³-hybridized carbons (Fsp3) is 0.375. The number of aromatic carboxylic acids is 1. The van der Waals surface area contributed by atoms with E-state index in [1.54, 1.807) is 17.8 Å². The number of rotatable bonds is 1. The number of aromatic amines is 1. The van der Waals surface area contributed by atoms with Crippen LogP contribution in [0.3, 0.4) is 0 Å². The molecule has 0 fully saturated rings. The lowest BCUT2D eigenvalue weighted by molar-refractivity contribution is 0.0691. The molecule has 0 amide bonds. The average molecular weight is 183 g/mol. The van der Waals surface area contributed by atoms with Crippen molar-refractivity contribution in [1.82, 2.24) is 4.98 Å². The zero-order valence-electron chi connectivity index (χ0n) is 6.63. The fourth-order valence-corrected chi connectivity index (χ4v) is 2.56. The van der Waals surface area contributed by atoms with Gasteiger partial charge in [-0.1, -0.05) is 6.92 Å². The fourth-order valence-electron chi connectivity index (χ4n) is 1.35. The van der Waals surface area contributed by atoms with Gasteiger partial charge >= 0.3 is 5.97 Å². The summed E-state index contributed by atoms with van der Waals surface area (Å²) in [6.07, 6.45) is 0. The molecule has 0 aliphatic carbocycles. The van der Waals surface area contributed by atoms with Gasteiger partial charge in [-0.05, 0) is 6.07 Å². The summed E-state index contributed by atoms with van der Waals surface area (Å²) in [5.74, 6) is 0.636. The molecule has 12 heavy (non-hydrogen) atoms. The average Bonchev–Trinajstić information content (AvgIpc) is 2.53. The Hall–Kier alpha value is -0.900. The number of carboxylic acid groups (broad SMARTS) is 1. The van der Waals surface area contributed by atoms with Gasteiger partial charge in [-0.15, -0.1) is 11.8 Å². The first-order valence-corrected chi connectivity index (χ1v) is 4.76. The van der Waals surface area contributed by atoms with Crippen molar-refractivity contribution in [1.29, 1.82) is 0 Å². The Balaban J connectivity index is 2.43. The quantitative estimate of drug-likeness (QED) is 0.699. The number of nitrogens with one attached hydrogen (secondary N) is 1. The first kappa shape index (κ1) is 7.73. The Morgan fingerprint density at radius 2 is 2.58 bits per heavy atom. The van der Waals surface area contributed by atoms with E-state index in [1.807, 2.05) is 0 Å². The molecule has 4 heteroatoms. The van der Waals surface area contributed by atoms with Gasteiger partial charge in [-0.2, -0.15) is 0 Å². The molecule has 1 aromatic heterocycles. The molecule has 64 valence electrons. The molecule has 1 aromatic rings. The van der Waals surface area contributed by atoms with Crippen molar-refractivity contribution in [2.75, 3.05) is 5.75 Å². The lowest BCUT2D eigenvalue weighted by Gasteiger charge is -1.97. The van der Waals surface area contributed by atoms with E-state index in [0.717, 1.165) is 16.3 Å². The van der Waals surface area contributed by atoms with Gasteiger partial charge in [0.05, 0.1) is 0 Å². The smallest absolute Gasteiger partial charge is 0.352 e. The molecule has 1 atom stereocenters. The number of aromatic nitrogens is 1. The molecule has 0 spiro atoms. The number of fused-ring (bicyclic) bond motifs is 1. The van der Waals surface area contributed by atoms with Crippen LogP contribution < -0.4 is 0 Å². The second kappa shape index (κ2) is 2.55. The summed E-state index contributed by atoms with van der Waals surface area (Å²) in [5, 5.41) is 8.69. The van der Waals surface area contributed by atoms with Crippen molar-refractivity contribution in [3.63, 3.8) is 0 Å². The van der Waals surface area contributed by atoms with Gasteiger partial charge in [0.15, 0.2) is 0 Å². The maximum Gasteiger partial charge on any atom is 0.352 e. The van der Waals surface area contributed by atoms with Crippen molar-refractivity contribution >= 4 is 17.7 Å². The van der Waals surface area contributed by atoms with Crippen LogP contribution in [-0.4, -0.2) is 21.8 Å². The molecule has 0 saturated heterocycles. The second-order valence-electron chi connectivity index (χ2n) is 2.98. The van der Waals surface area contributed by atoms with Crippen LogP contribution in [0.1, 0.15) is 29.0 Å². The molecule has 1 aliphatic heterocycles. The standard InChI is InChI=1S/C8H9NO2S/c1-4-3-12-6-2-5(8(10)11)9-7(4)6/h2,4,9H,3H2,1H3,(H,10,11)/t4-/m1/s1. The molecule has 2 heterocycles. The molecular weight excluding hydrogens is 174 g/mol. The van der Waals surface area contributed by atoms with Gasteiger partial charge in [-0.3, -0.25) is 0 Å². The van der Waals surface area contributed by atoms with Crippen molar-refractivity contribution in [2.45, 2.75) is 17.7 Å². The van der Waals surface area contributed by atoms with Gasteiger partial charge < -0.3 is 10.1 Å². The molecule has 2 N–H and O–H groups in total. The van der Waals surface area contributed by atoms with Crippen LogP contribution in [0.25, 0.3) is 0 Å². The van der Waals surface area contributed by atoms with E-state index < -0.39 is 5.97 Å². The Kier molecular flexibility index (Phi) is 1.65. The minimum Gasteiger partial charge on any atom is -0.477 e. The Morgan fingerprint density at radius 3 is 3.17 bits per heavy atom. The highest BCUT2D eigenvalue weighted by atomic mass is 32.2. The van der Waals surface area contributed by atoms with E-state index in [1.165, 1.54) is 0 Å². The van der Waals surface area contributed by atoms with Crippen LogP contribution in [0, 0.1) is 0 Å². The molecular formula is C8H9NO2S. The number of hydrogen-bond donors (Lipinski definition) is 2. The third-order valence-corrected chi connectivity index (χ3v) is 3.34. The normalized spacial score (nSPS) is 20.9. The highest BCUT2D eigenvalue weighted by Crippen LogP contribution is 2.39. The summed E-state index contributed by atoms with van der Waals surface area (Å²) in [6.45, 7) is 2.10. The lowest BCUT2D eigenvalue weighted by Crippen LogP contribution is -1.98. The summed E-state index contributed by atoms with van der Waals surface area (Å²) >= 11 is 1.72. The third kappa shape index (κ3) is 1.03. The van der Waals surface area contributed by atoms with Crippen molar-refractivity contribution in [3.8, 4) is 0 Å². The summed E-state index contributed by atoms with van der Waals surface area (Å²) in [5.41, 5.74) is 1.39. The van der Waals surface area contributed by atoms with Crippen molar-refractivity contribution in [3.05, 3.63) is 17.5 Å². The second-order valence-corrected chi connectivity index (χ2v) is 4.04. The largest absolute Gasteiger partial charge is 0.477 e. The molecule has 0 bridgehead atoms. The summed E-state index contributed by atoms with van der Waals surface area (Å²) < 4.78 is 0. The van der Waals surface area contributed by atoms with Crippen LogP contribution in [0.2, 0.25) is 0 Å². The van der Waals surface area contributed by atoms with E-state index in [9.17, 15) is 4.79 Å². The van der Waals surface area contributed by atoms with Gasteiger partial charge in [0.2, 0.25) is 0 Å². The Labute approximate surface area is 74.2 Å². The number of thioether (sulfide) groups is 1. The third-order valence-electron chi connectivity index (χ3n) is 2.02. The Bertz CT molecular complexity index is 332. The predicted molar refractivity (Wildman–Crippen MR) is 46.9 cm³/mol. The number of H-pyrrole nitrogens is 1. The van der Waals surface area contributed by atoms with E-state index in [2.05, 4.69) is 11.9 Å². The van der Waals surface area contributed by atoms with Gasteiger partial charge in [-0.25, -0.2) is 4.79 Å². The van der Waals surface area contributed by atoms with E-state index in [0.29, 0.717) is 11.6 Å². The first-order chi connectivity index (χ1) is 5.68. The Morgan fingerprint density at radius 1 is 1.83 bits per heavy atom. The van der Waals surface area contributed by atoms with Crippen LogP contribution in [0.4, 0.5) is 0 Å². The number of carbonyl (C=O) groups is 1. The monoisotopic (exact) mass is 183 g/mol. The topological polar surface area (TPSA) is 53.1 Å². The molecule has 3 nitrogen and oxygen atoms in total. The summed E-state index contributed by atoms with van der Waals surface area (Å²) in [7, 11) is 0. The first-order valence-electron chi connectivity index (χ1n) is 3.77. The van der Waals surface area contributed by atoms with Crippen molar-refractivity contribution in [2.24, 2.45) is 0 Å². The van der Waals surface area contributed by atoms with E-state index in [-0.39, 0.29) is 0 Å². The number of hydrogen-bond acceptors (Lipinski definition) is 2. The molecule has 2 rings (SSSR count). The van der Waals surface area contributed by atoms with Gasteiger partial charge in [0.25, 0.3) is 0 Å². The van der Waals surface area contributed by atoms with Gasteiger partial charge in [0, 0.05) is 22.3 Å². The predicted octanol–water partition coefficient (Wildman–Crippen LogP) is 1.92. The van der Waals surface area contributed by atoms with Crippen LogP contribution in [0.5, 0.6) is 0 Å². The zero-order chi connectivity index (χ0) is 8.72. The molecule has 0 saturated carbocycles. The maximum atomic E-state index is 10.6. The molecule has 0 aromatic carbocycles. The molecule has 0 unspecified atom stereocenters. The SMILES string of the molecule is C[C@@H]1CSc2cc(C(=O)O)[nH]c21. The maximum absolute atomic E-state index is 10.6. The minimum atomic E-state index is -0.878. The van der Waals surface area contributed by atoms with Crippen molar-refractivity contribution < 1.29 is 9.90 Å². The summed E-state index contributed by atoms with van der Waals surface area (Å²) in [4.78, 5) is 14.6. The van der Waals surface area contributed by atoms with Crippen LogP contribution >= 0.6 is 11.8 Å². The molecule has 1 aliphatic rings. The molecule has 0 radical (unpaired) electrons. The number of carboxylic acids is 1.